The Kier molecular flexibility index (Phi) is 7.08. The van der Waals surface area contributed by atoms with E-state index in [2.05, 4.69) is 15.1 Å². The van der Waals surface area contributed by atoms with Gasteiger partial charge in [-0.3, -0.25) is 14.2 Å². The second kappa shape index (κ2) is 9.30. The summed E-state index contributed by atoms with van der Waals surface area (Å²) in [5.74, 6) is -5.11. The zero-order valence-electron chi connectivity index (χ0n) is 16.6. The lowest BCUT2D eigenvalue weighted by Crippen LogP contribution is -2.24. The lowest BCUT2D eigenvalue weighted by Gasteiger charge is -2.15. The van der Waals surface area contributed by atoms with Crippen molar-refractivity contribution in [1.82, 2.24) is 14.5 Å². The van der Waals surface area contributed by atoms with Gasteiger partial charge in [-0.2, -0.15) is 18.3 Å². The molecule has 0 radical (unpaired) electrons. The molecule has 2 aromatic rings. The fourth-order valence-corrected chi connectivity index (χ4v) is 4.23. The molecule has 1 amide bonds. The summed E-state index contributed by atoms with van der Waals surface area (Å²) in [5.41, 5.74) is -4.47. The molecule has 1 saturated carbocycles. The molecule has 32 heavy (non-hydrogen) atoms. The molecule has 1 unspecified atom stereocenters. The molecule has 0 aliphatic heterocycles. The van der Waals surface area contributed by atoms with Gasteiger partial charge in [-0.05, 0) is 49.5 Å². The Hall–Kier alpha value is -2.28. The molecule has 1 heterocycles. The first kappa shape index (κ1) is 24.4. The SMILES string of the molecule is CNSc1cccc(NC(=O)c2c(C(F)(F)F)c(C(F)F)nn2CC2CCC(F)(F)C2)c1. The van der Waals surface area contributed by atoms with Crippen molar-refractivity contribution in [2.24, 2.45) is 5.92 Å². The van der Waals surface area contributed by atoms with Crippen LogP contribution in [0, 0.1) is 5.92 Å². The Labute approximate surface area is 182 Å². The summed E-state index contributed by atoms with van der Waals surface area (Å²) in [6, 6.07) is 6.11. The van der Waals surface area contributed by atoms with Gasteiger partial charge in [-0.15, -0.1) is 0 Å². The maximum atomic E-state index is 13.7. The third kappa shape index (κ3) is 5.55. The zero-order valence-corrected chi connectivity index (χ0v) is 17.5. The number of rotatable bonds is 7. The van der Waals surface area contributed by atoms with E-state index in [9.17, 15) is 35.5 Å². The van der Waals surface area contributed by atoms with Gasteiger partial charge in [0.05, 0.1) is 0 Å². The molecule has 1 aliphatic rings. The monoisotopic (exact) mass is 484 g/mol. The first-order chi connectivity index (χ1) is 14.9. The van der Waals surface area contributed by atoms with Crippen LogP contribution in [0.5, 0.6) is 0 Å². The van der Waals surface area contributed by atoms with Crippen molar-refractivity contribution in [3.8, 4) is 0 Å². The minimum Gasteiger partial charge on any atom is -0.321 e. The largest absolute Gasteiger partial charge is 0.420 e. The highest BCUT2D eigenvalue weighted by Gasteiger charge is 2.46. The van der Waals surface area contributed by atoms with Crippen LogP contribution in [0.25, 0.3) is 0 Å². The zero-order chi connectivity index (χ0) is 23.7. The highest BCUT2D eigenvalue weighted by Crippen LogP contribution is 2.42. The highest BCUT2D eigenvalue weighted by atomic mass is 32.2. The molecule has 3 rings (SSSR count). The number of benzene rings is 1. The predicted molar refractivity (Wildman–Crippen MR) is 104 cm³/mol. The second-order valence-electron chi connectivity index (χ2n) is 7.34. The van der Waals surface area contributed by atoms with E-state index < -0.39 is 66.7 Å². The summed E-state index contributed by atoms with van der Waals surface area (Å²) in [5, 5.41) is 5.59. The molecule has 0 bridgehead atoms. The topological polar surface area (TPSA) is 58.9 Å². The van der Waals surface area contributed by atoms with Crippen molar-refractivity contribution in [3.63, 3.8) is 0 Å². The van der Waals surface area contributed by atoms with Crippen LogP contribution in [0.3, 0.4) is 0 Å². The number of alkyl halides is 7. The molecule has 0 spiro atoms. The summed E-state index contributed by atoms with van der Waals surface area (Å²) in [4.78, 5) is 13.5. The lowest BCUT2D eigenvalue weighted by atomic mass is 10.1. The number of amides is 1. The van der Waals surface area contributed by atoms with Crippen molar-refractivity contribution < 1.29 is 35.5 Å². The van der Waals surface area contributed by atoms with E-state index in [0.29, 0.717) is 9.58 Å². The number of halogens is 7. The number of aromatic nitrogens is 2. The maximum Gasteiger partial charge on any atom is 0.420 e. The number of hydrogen-bond acceptors (Lipinski definition) is 4. The quantitative estimate of drug-likeness (QED) is 0.388. The first-order valence-corrected chi connectivity index (χ1v) is 10.3. The van der Waals surface area contributed by atoms with Crippen molar-refractivity contribution in [1.29, 1.82) is 0 Å². The van der Waals surface area contributed by atoms with Crippen LogP contribution in [-0.4, -0.2) is 28.7 Å². The van der Waals surface area contributed by atoms with E-state index in [-0.39, 0.29) is 12.1 Å². The molecular formula is C19H19F7N4OS. The molecule has 1 aromatic carbocycles. The van der Waals surface area contributed by atoms with E-state index in [0.717, 1.165) is 0 Å². The molecule has 1 fully saturated rings. The minimum absolute atomic E-state index is 0.0252. The normalized spacial score (nSPS) is 18.3. The van der Waals surface area contributed by atoms with Gasteiger partial charge >= 0.3 is 6.18 Å². The van der Waals surface area contributed by atoms with Gasteiger partial charge in [0, 0.05) is 30.0 Å². The molecule has 5 nitrogen and oxygen atoms in total. The fraction of sp³-hybridized carbons (Fsp3) is 0.474. The van der Waals surface area contributed by atoms with Crippen molar-refractivity contribution in [3.05, 3.63) is 41.2 Å². The third-order valence-electron chi connectivity index (χ3n) is 4.93. The Morgan fingerprint density at radius 1 is 1.34 bits per heavy atom. The molecule has 176 valence electrons. The summed E-state index contributed by atoms with van der Waals surface area (Å²) < 4.78 is 98.1. The number of carbonyl (C=O) groups is 1. The third-order valence-corrected chi connectivity index (χ3v) is 5.63. The second-order valence-corrected chi connectivity index (χ2v) is 8.43. The van der Waals surface area contributed by atoms with E-state index >= 15 is 0 Å². The molecule has 1 aromatic heterocycles. The minimum atomic E-state index is -5.31. The van der Waals surface area contributed by atoms with Crippen molar-refractivity contribution >= 4 is 23.5 Å². The highest BCUT2D eigenvalue weighted by molar-refractivity contribution is 7.97. The Bertz CT molecular complexity index is 977. The standard InChI is InChI=1S/C19H19F7N4OS/c1-27-32-12-4-2-3-11(7-12)28-17(31)15-13(19(24,25)26)14(16(20)21)29-30(15)9-10-5-6-18(22,23)8-10/h2-4,7,10,16,27H,5-6,8-9H2,1H3,(H,28,31). The number of nitrogens with zero attached hydrogens (tertiary/aromatic N) is 2. The molecule has 2 N–H and O–H groups in total. The van der Waals surface area contributed by atoms with Crippen molar-refractivity contribution in [2.75, 3.05) is 12.4 Å². The van der Waals surface area contributed by atoms with Crippen LogP contribution < -0.4 is 10.0 Å². The predicted octanol–water partition coefficient (Wildman–Crippen LogP) is 5.75. The van der Waals surface area contributed by atoms with Gasteiger partial charge in [0.15, 0.2) is 0 Å². The van der Waals surface area contributed by atoms with Gasteiger partial charge in [-0.1, -0.05) is 6.07 Å². The molecule has 13 heteroatoms. The summed E-state index contributed by atoms with van der Waals surface area (Å²) in [7, 11) is 1.64. The lowest BCUT2D eigenvalue weighted by molar-refractivity contribution is -0.139. The van der Waals surface area contributed by atoms with E-state index in [4.69, 9.17) is 0 Å². The Balaban J connectivity index is 2.01. The van der Waals surface area contributed by atoms with Gasteiger partial charge in [-0.25, -0.2) is 17.6 Å². The summed E-state index contributed by atoms with van der Waals surface area (Å²) in [6.45, 7) is -0.510. The van der Waals surface area contributed by atoms with Crippen molar-refractivity contribution in [2.45, 2.75) is 49.2 Å². The first-order valence-electron chi connectivity index (χ1n) is 9.50. The van der Waals surface area contributed by atoms with Crippen LogP contribution in [0.1, 0.15) is 47.4 Å². The average molecular weight is 484 g/mol. The number of carbonyl (C=O) groups excluding carboxylic acids is 1. The fourth-order valence-electron chi connectivity index (χ4n) is 3.66. The Morgan fingerprint density at radius 3 is 2.62 bits per heavy atom. The van der Waals surface area contributed by atoms with Crippen LogP contribution in [0.15, 0.2) is 29.2 Å². The van der Waals surface area contributed by atoms with Crippen LogP contribution in [0.2, 0.25) is 0 Å². The van der Waals surface area contributed by atoms with Crippen LogP contribution >= 0.6 is 11.9 Å². The summed E-state index contributed by atoms with van der Waals surface area (Å²) in [6.07, 6.45) is -10.0. The molecular weight excluding hydrogens is 465 g/mol. The van der Waals surface area contributed by atoms with Crippen LogP contribution in [0.4, 0.5) is 36.4 Å². The molecule has 1 atom stereocenters. The maximum absolute atomic E-state index is 13.7. The average Bonchev–Trinajstić information content (AvgIpc) is 3.22. The summed E-state index contributed by atoms with van der Waals surface area (Å²) >= 11 is 1.18. The Morgan fingerprint density at radius 2 is 2.06 bits per heavy atom. The van der Waals surface area contributed by atoms with Gasteiger partial charge < -0.3 is 5.32 Å². The van der Waals surface area contributed by atoms with Gasteiger partial charge in [0.1, 0.15) is 17.0 Å². The van der Waals surface area contributed by atoms with E-state index in [1.165, 1.54) is 24.1 Å². The van der Waals surface area contributed by atoms with E-state index in [1.807, 2.05) is 0 Å². The van der Waals surface area contributed by atoms with E-state index in [1.54, 1.807) is 19.2 Å². The number of nitrogens with one attached hydrogen (secondary N) is 2. The smallest absolute Gasteiger partial charge is 0.321 e. The number of anilines is 1. The number of hydrogen-bond donors (Lipinski definition) is 2. The molecule has 0 saturated heterocycles. The van der Waals surface area contributed by atoms with Crippen LogP contribution in [-0.2, 0) is 12.7 Å². The van der Waals surface area contributed by atoms with Gasteiger partial charge in [0.25, 0.3) is 12.3 Å². The molecule has 1 aliphatic carbocycles. The van der Waals surface area contributed by atoms with Gasteiger partial charge in [0.2, 0.25) is 5.92 Å².